The van der Waals surface area contributed by atoms with Crippen LogP contribution in [-0.2, 0) is 13.9 Å². The minimum absolute atomic E-state index is 0. The van der Waals surface area contributed by atoms with E-state index < -0.39 is 38.8 Å². The van der Waals surface area contributed by atoms with Gasteiger partial charge in [-0.05, 0) is 0 Å². The van der Waals surface area contributed by atoms with Crippen LogP contribution < -0.4 is 0 Å². The number of aldehydes is 1. The normalized spacial score (nSPS) is 19.9. The highest BCUT2D eigenvalue weighted by atomic mass is 31.2. The van der Waals surface area contributed by atoms with Crippen LogP contribution >= 0.6 is 7.82 Å². The lowest BCUT2D eigenvalue weighted by molar-refractivity contribution is -0.136. The maximum absolute atomic E-state index is 10.2. The van der Waals surface area contributed by atoms with E-state index in [1.165, 1.54) is 0 Å². The zero-order valence-corrected chi connectivity index (χ0v) is 8.84. The summed E-state index contributed by atoms with van der Waals surface area (Å²) in [5.74, 6) is 0. The standard InChI is InChI=1S/C6H13O9P.H/c7-1-3(8)5(10)6(11)4(9)2-15-16(12,13)14;/h1,3-6,8-11H,2H2,(H2,12,13,14);/q;-1/t3-,4+,5+,6+;/m0./s1. The molecule has 9 nitrogen and oxygen atoms in total. The quantitative estimate of drug-likeness (QED) is 0.205. The van der Waals surface area contributed by atoms with E-state index in [4.69, 9.17) is 30.2 Å². The highest BCUT2D eigenvalue weighted by Gasteiger charge is 2.31. The minimum atomic E-state index is -4.80. The van der Waals surface area contributed by atoms with Crippen molar-refractivity contribution in [3.63, 3.8) is 0 Å². The molecule has 6 N–H and O–H groups in total. The smallest absolute Gasteiger partial charge is 0.469 e. The molecule has 0 saturated carbocycles. The van der Waals surface area contributed by atoms with Gasteiger partial charge in [-0.2, -0.15) is 0 Å². The van der Waals surface area contributed by atoms with Crippen LogP contribution in [0, 0.1) is 0 Å². The van der Waals surface area contributed by atoms with Crippen molar-refractivity contribution in [2.75, 3.05) is 6.61 Å². The van der Waals surface area contributed by atoms with E-state index in [1.54, 1.807) is 0 Å². The first-order chi connectivity index (χ1) is 7.19. The second kappa shape index (κ2) is 6.38. The van der Waals surface area contributed by atoms with Gasteiger partial charge in [-0.3, -0.25) is 4.52 Å². The molecule has 0 radical (unpaired) electrons. The van der Waals surface area contributed by atoms with Gasteiger partial charge in [0.15, 0.2) is 6.29 Å². The summed E-state index contributed by atoms with van der Waals surface area (Å²) >= 11 is 0. The number of carbonyl (C=O) groups excluding carboxylic acids is 1. The predicted molar refractivity (Wildman–Crippen MR) is 49.2 cm³/mol. The van der Waals surface area contributed by atoms with E-state index in [-0.39, 0.29) is 7.71 Å². The van der Waals surface area contributed by atoms with E-state index >= 15 is 0 Å². The SMILES string of the molecule is O=C[C@H](O)[C@@H](O)[C@H](O)[C@H](O)COP(=O)(O)O.[H-]. The number of phosphoric acid groups is 1. The molecule has 0 fully saturated rings. The first kappa shape index (κ1) is 15.6. The molecular formula is C6H14O9P-. The lowest BCUT2D eigenvalue weighted by Gasteiger charge is -2.23. The van der Waals surface area contributed by atoms with E-state index in [0.717, 1.165) is 0 Å². The van der Waals surface area contributed by atoms with Crippen LogP contribution in [0.25, 0.3) is 0 Å². The first-order valence-electron chi connectivity index (χ1n) is 4.06. The summed E-state index contributed by atoms with van der Waals surface area (Å²) in [4.78, 5) is 26.6. The summed E-state index contributed by atoms with van der Waals surface area (Å²) in [6.45, 7) is -0.964. The summed E-state index contributed by atoms with van der Waals surface area (Å²) in [7, 11) is -4.80. The van der Waals surface area contributed by atoms with Crippen LogP contribution in [0.5, 0.6) is 0 Å². The van der Waals surface area contributed by atoms with Gasteiger partial charge in [0.1, 0.15) is 24.4 Å². The molecule has 4 atom stereocenters. The van der Waals surface area contributed by atoms with Gasteiger partial charge in [-0.15, -0.1) is 0 Å². The Morgan fingerprint density at radius 2 is 1.69 bits per heavy atom. The van der Waals surface area contributed by atoms with E-state index in [0.29, 0.717) is 0 Å². The van der Waals surface area contributed by atoms with Crippen LogP contribution in [0.3, 0.4) is 0 Å². The molecule has 10 heteroatoms. The summed E-state index contributed by atoms with van der Waals surface area (Å²) in [6, 6.07) is 0. The van der Waals surface area contributed by atoms with Gasteiger partial charge in [0.05, 0.1) is 6.61 Å². The molecule has 0 heterocycles. The lowest BCUT2D eigenvalue weighted by atomic mass is 10.0. The molecule has 0 rings (SSSR count). The minimum Gasteiger partial charge on any atom is -1.00 e. The third-order valence-corrected chi connectivity index (χ3v) is 2.13. The van der Waals surface area contributed by atoms with Crippen LogP contribution in [0.4, 0.5) is 0 Å². The molecule has 0 aromatic rings. The Bertz CT molecular complexity index is 268. The number of carbonyl (C=O) groups is 1. The zero-order chi connectivity index (χ0) is 12.9. The number of aliphatic hydroxyl groups is 4. The van der Waals surface area contributed by atoms with Gasteiger partial charge in [-0.25, -0.2) is 4.57 Å². The van der Waals surface area contributed by atoms with Crippen LogP contribution in [-0.4, -0.2) is 67.5 Å². The highest BCUT2D eigenvalue weighted by Crippen LogP contribution is 2.35. The van der Waals surface area contributed by atoms with Crippen molar-refractivity contribution < 1.29 is 45.5 Å². The fourth-order valence-electron chi connectivity index (χ4n) is 0.782. The van der Waals surface area contributed by atoms with Crippen molar-refractivity contribution in [3.8, 4) is 0 Å². The fourth-order valence-corrected chi connectivity index (χ4v) is 1.13. The number of rotatable bonds is 7. The predicted octanol–water partition coefficient (Wildman–Crippen LogP) is -3.15. The van der Waals surface area contributed by atoms with Gasteiger partial charge in [0.25, 0.3) is 0 Å². The molecule has 0 aromatic carbocycles. The number of phosphoric ester groups is 1. The molecule has 0 spiro atoms. The average molecular weight is 261 g/mol. The van der Waals surface area contributed by atoms with Gasteiger partial charge < -0.3 is 36.4 Å². The zero-order valence-electron chi connectivity index (χ0n) is 8.95. The molecule has 0 aliphatic heterocycles. The Morgan fingerprint density at radius 1 is 1.19 bits per heavy atom. The second-order valence-electron chi connectivity index (χ2n) is 2.96. The van der Waals surface area contributed by atoms with Crippen molar-refractivity contribution in [2.45, 2.75) is 24.4 Å². The van der Waals surface area contributed by atoms with Gasteiger partial charge >= 0.3 is 7.82 Å². The third kappa shape index (κ3) is 5.64. The van der Waals surface area contributed by atoms with Crippen molar-refractivity contribution in [1.82, 2.24) is 0 Å². The van der Waals surface area contributed by atoms with Crippen LogP contribution in [0.2, 0.25) is 0 Å². The van der Waals surface area contributed by atoms with Crippen LogP contribution in [0.15, 0.2) is 0 Å². The van der Waals surface area contributed by atoms with Crippen molar-refractivity contribution in [1.29, 1.82) is 0 Å². The Kier molecular flexibility index (Phi) is 6.23. The Hall–Kier alpha value is -0.380. The summed E-state index contributed by atoms with van der Waals surface area (Å²) in [6.07, 6.45) is -7.80. The molecular weight excluding hydrogens is 247 g/mol. The van der Waals surface area contributed by atoms with E-state index in [9.17, 15) is 9.36 Å². The fraction of sp³-hybridized carbons (Fsp3) is 0.833. The molecule has 0 bridgehead atoms. The van der Waals surface area contributed by atoms with Crippen molar-refractivity contribution >= 4 is 14.1 Å². The summed E-state index contributed by atoms with van der Waals surface area (Å²) < 4.78 is 14.1. The average Bonchev–Trinajstić information content (AvgIpc) is 2.21. The third-order valence-electron chi connectivity index (χ3n) is 1.65. The summed E-state index contributed by atoms with van der Waals surface area (Å²) in [5.41, 5.74) is 0. The Balaban J connectivity index is 0. The number of aliphatic hydroxyl groups excluding tert-OH is 4. The Morgan fingerprint density at radius 3 is 2.06 bits per heavy atom. The first-order valence-corrected chi connectivity index (χ1v) is 5.59. The highest BCUT2D eigenvalue weighted by molar-refractivity contribution is 7.46. The molecule has 0 saturated heterocycles. The molecule has 0 aliphatic carbocycles. The second-order valence-corrected chi connectivity index (χ2v) is 4.20. The van der Waals surface area contributed by atoms with Crippen molar-refractivity contribution in [2.24, 2.45) is 0 Å². The van der Waals surface area contributed by atoms with Crippen molar-refractivity contribution in [3.05, 3.63) is 0 Å². The molecule has 0 amide bonds. The lowest BCUT2D eigenvalue weighted by Crippen LogP contribution is -2.46. The van der Waals surface area contributed by atoms with Gasteiger partial charge in [0, 0.05) is 0 Å². The number of hydrogen-bond donors (Lipinski definition) is 6. The largest absolute Gasteiger partial charge is 1.00 e. The van der Waals surface area contributed by atoms with Crippen LogP contribution in [0.1, 0.15) is 1.43 Å². The molecule has 0 unspecified atom stereocenters. The molecule has 16 heavy (non-hydrogen) atoms. The topological polar surface area (TPSA) is 165 Å². The molecule has 0 aromatic heterocycles. The molecule has 0 aliphatic rings. The van der Waals surface area contributed by atoms with Gasteiger partial charge in [-0.1, -0.05) is 0 Å². The maximum Gasteiger partial charge on any atom is 0.469 e. The maximum atomic E-state index is 10.2. The van der Waals surface area contributed by atoms with Gasteiger partial charge in [0.2, 0.25) is 0 Å². The van der Waals surface area contributed by atoms with E-state index in [1.807, 2.05) is 0 Å². The Labute approximate surface area is 91.6 Å². The summed E-state index contributed by atoms with van der Waals surface area (Å²) in [5, 5.41) is 36.1. The van der Waals surface area contributed by atoms with E-state index in [2.05, 4.69) is 4.52 Å². The number of hydrogen-bond acceptors (Lipinski definition) is 7. The monoisotopic (exact) mass is 261 g/mol. The molecule has 98 valence electrons.